The highest BCUT2D eigenvalue weighted by Gasteiger charge is 2.47. The van der Waals surface area contributed by atoms with Gasteiger partial charge in [-0.3, -0.25) is 4.90 Å². The lowest BCUT2D eigenvalue weighted by Gasteiger charge is -2.26. The zero-order valence-corrected chi connectivity index (χ0v) is 14.7. The van der Waals surface area contributed by atoms with Gasteiger partial charge in [0.25, 0.3) is 5.92 Å². The molecule has 1 unspecified atom stereocenters. The maximum atomic E-state index is 13.6. The Bertz CT molecular complexity index is 481. The molecule has 0 aliphatic carbocycles. The van der Waals surface area contributed by atoms with Crippen molar-refractivity contribution in [3.05, 3.63) is 0 Å². The third-order valence-electron chi connectivity index (χ3n) is 2.79. The molecule has 1 rings (SSSR count). The van der Waals surface area contributed by atoms with Crippen molar-refractivity contribution in [2.75, 3.05) is 6.54 Å². The normalized spacial score (nSPS) is 23.8. The molecule has 0 bridgehead atoms. The number of halogens is 2. The zero-order valence-electron chi connectivity index (χ0n) is 13.9. The molecule has 0 radical (unpaired) electrons. The number of hydrogen-bond donors (Lipinski definition) is 0. The van der Waals surface area contributed by atoms with Crippen LogP contribution < -0.4 is 0 Å². The maximum absolute atomic E-state index is 13.6. The van der Waals surface area contributed by atoms with E-state index in [0.717, 1.165) is 4.90 Å². The van der Waals surface area contributed by atoms with Crippen LogP contribution in [0.5, 0.6) is 0 Å². The minimum Gasteiger partial charge on any atom is -0.444 e. The molecule has 5 nitrogen and oxygen atoms in total. The topological polar surface area (TPSA) is 59.0 Å². The van der Waals surface area contributed by atoms with Crippen molar-refractivity contribution in [1.82, 2.24) is 4.90 Å². The van der Waals surface area contributed by atoms with Gasteiger partial charge in [0.05, 0.1) is 17.3 Å². The Kier molecular flexibility index (Phi) is 5.37. The van der Waals surface area contributed by atoms with E-state index in [2.05, 4.69) is 4.40 Å². The van der Waals surface area contributed by atoms with Crippen molar-refractivity contribution < 1.29 is 22.5 Å². The van der Waals surface area contributed by atoms with Gasteiger partial charge in [0.1, 0.15) is 16.6 Å². The van der Waals surface area contributed by atoms with Crippen LogP contribution >= 0.6 is 0 Å². The predicted molar refractivity (Wildman–Crippen MR) is 82.7 cm³/mol. The van der Waals surface area contributed by atoms with Crippen LogP contribution in [0.4, 0.5) is 13.6 Å². The van der Waals surface area contributed by atoms with Crippen LogP contribution in [0.15, 0.2) is 4.40 Å². The first kappa shape index (κ1) is 19.0. The fraction of sp³-hybridized carbons (Fsp3) is 0.857. The van der Waals surface area contributed by atoms with Gasteiger partial charge < -0.3 is 4.74 Å². The molecule has 0 aromatic rings. The van der Waals surface area contributed by atoms with Gasteiger partial charge in [-0.2, -0.15) is 4.40 Å². The second-order valence-electron chi connectivity index (χ2n) is 7.35. The largest absolute Gasteiger partial charge is 0.444 e. The summed E-state index contributed by atoms with van der Waals surface area (Å²) in [6, 6.07) is -0.920. The Morgan fingerprint density at radius 3 is 2.32 bits per heavy atom. The van der Waals surface area contributed by atoms with Gasteiger partial charge in [-0.1, -0.05) is 0 Å². The molecular formula is C14H24F2N2O3S. The van der Waals surface area contributed by atoms with Crippen molar-refractivity contribution in [3.8, 4) is 0 Å². The first-order chi connectivity index (χ1) is 9.71. The average Bonchev–Trinajstić information content (AvgIpc) is 2.58. The van der Waals surface area contributed by atoms with E-state index in [1.54, 1.807) is 41.5 Å². The lowest BCUT2D eigenvalue weighted by molar-refractivity contribution is -0.00207. The van der Waals surface area contributed by atoms with Crippen molar-refractivity contribution in [2.45, 2.75) is 70.3 Å². The Labute approximate surface area is 132 Å². The van der Waals surface area contributed by atoms with Gasteiger partial charge in [-0.15, -0.1) is 0 Å². The average molecular weight is 338 g/mol. The molecular weight excluding hydrogens is 314 g/mol. The first-order valence-electron chi connectivity index (χ1n) is 7.05. The molecule has 1 heterocycles. The number of nitrogens with zero attached hydrogens (tertiary/aromatic N) is 2. The highest BCUT2D eigenvalue weighted by atomic mass is 32.2. The van der Waals surface area contributed by atoms with Crippen molar-refractivity contribution >= 4 is 23.3 Å². The molecule has 2 atom stereocenters. The summed E-state index contributed by atoms with van der Waals surface area (Å²) in [5, 5.41) is 0. The van der Waals surface area contributed by atoms with Crippen LogP contribution in [0.3, 0.4) is 0 Å². The number of carbonyl (C=O) groups excluding carboxylic acids is 1. The Hall–Kier alpha value is -1.05. The number of hydrogen-bond acceptors (Lipinski definition) is 3. The lowest BCUT2D eigenvalue weighted by atomic mass is 10.2. The predicted octanol–water partition coefficient (Wildman–Crippen LogP) is 3.16. The summed E-state index contributed by atoms with van der Waals surface area (Å²) in [4.78, 5) is 13.0. The Balaban J connectivity index is 2.88. The SMILES string of the molecule is CC(C)(C)OC(=O)N1CC(F)(F)C[C@H]1C=NS(=O)C(C)(C)C. The van der Waals surface area contributed by atoms with E-state index in [4.69, 9.17) is 4.74 Å². The van der Waals surface area contributed by atoms with Gasteiger partial charge in [0, 0.05) is 12.6 Å². The van der Waals surface area contributed by atoms with Gasteiger partial charge in [0.2, 0.25) is 0 Å². The molecule has 1 saturated heterocycles. The van der Waals surface area contributed by atoms with Crippen molar-refractivity contribution in [1.29, 1.82) is 0 Å². The van der Waals surface area contributed by atoms with E-state index in [1.807, 2.05) is 0 Å². The second kappa shape index (κ2) is 6.22. The number of rotatable bonds is 2. The highest BCUT2D eigenvalue weighted by Crippen LogP contribution is 2.32. The third kappa shape index (κ3) is 5.62. The lowest BCUT2D eigenvalue weighted by Crippen LogP contribution is -2.41. The quantitative estimate of drug-likeness (QED) is 0.727. The summed E-state index contributed by atoms with van der Waals surface area (Å²) >= 11 is 0. The number of carbonyl (C=O) groups is 1. The smallest absolute Gasteiger partial charge is 0.411 e. The Morgan fingerprint density at radius 2 is 1.86 bits per heavy atom. The second-order valence-corrected chi connectivity index (χ2v) is 9.29. The van der Waals surface area contributed by atoms with Crippen LogP contribution in [0.25, 0.3) is 0 Å². The number of alkyl halides is 2. The minimum absolute atomic E-state index is 0.545. The molecule has 0 saturated carbocycles. The highest BCUT2D eigenvalue weighted by molar-refractivity contribution is 7.85. The zero-order chi connectivity index (χ0) is 17.3. The molecule has 1 amide bonds. The van der Waals surface area contributed by atoms with E-state index in [9.17, 15) is 17.8 Å². The van der Waals surface area contributed by atoms with Gasteiger partial charge >= 0.3 is 6.09 Å². The number of likely N-dealkylation sites (tertiary alicyclic amines) is 1. The van der Waals surface area contributed by atoms with E-state index < -0.39 is 52.4 Å². The van der Waals surface area contributed by atoms with Crippen LogP contribution in [-0.2, 0) is 15.7 Å². The van der Waals surface area contributed by atoms with Crippen LogP contribution in [0.1, 0.15) is 48.0 Å². The van der Waals surface area contributed by atoms with E-state index in [1.165, 1.54) is 6.21 Å². The molecule has 0 N–H and O–H groups in total. The molecule has 0 aromatic carbocycles. The van der Waals surface area contributed by atoms with Gasteiger partial charge in [-0.05, 0) is 41.5 Å². The van der Waals surface area contributed by atoms with Crippen molar-refractivity contribution in [2.24, 2.45) is 4.40 Å². The molecule has 1 aliphatic heterocycles. The van der Waals surface area contributed by atoms with E-state index in [0.29, 0.717) is 0 Å². The molecule has 1 fully saturated rings. The monoisotopic (exact) mass is 338 g/mol. The number of amides is 1. The van der Waals surface area contributed by atoms with Crippen LogP contribution in [-0.4, -0.2) is 50.3 Å². The molecule has 8 heteroatoms. The summed E-state index contributed by atoms with van der Waals surface area (Å²) in [7, 11) is -1.56. The minimum atomic E-state index is -3.00. The number of ether oxygens (including phenoxy) is 1. The van der Waals surface area contributed by atoms with Gasteiger partial charge in [0.15, 0.2) is 0 Å². The van der Waals surface area contributed by atoms with Crippen molar-refractivity contribution in [3.63, 3.8) is 0 Å². The summed E-state index contributed by atoms with van der Waals surface area (Å²) in [5.74, 6) is -3.00. The Morgan fingerprint density at radius 1 is 1.32 bits per heavy atom. The molecule has 22 heavy (non-hydrogen) atoms. The summed E-state index contributed by atoms with van der Waals surface area (Å²) in [6.45, 7) is 9.46. The fourth-order valence-electron chi connectivity index (χ4n) is 1.78. The molecule has 0 spiro atoms. The molecule has 128 valence electrons. The van der Waals surface area contributed by atoms with Crippen LogP contribution in [0.2, 0.25) is 0 Å². The first-order valence-corrected chi connectivity index (χ1v) is 8.16. The van der Waals surface area contributed by atoms with Gasteiger partial charge in [-0.25, -0.2) is 17.8 Å². The summed E-state index contributed by atoms with van der Waals surface area (Å²) in [5.41, 5.74) is -0.773. The van der Waals surface area contributed by atoms with E-state index in [-0.39, 0.29) is 0 Å². The maximum Gasteiger partial charge on any atom is 0.411 e. The van der Waals surface area contributed by atoms with Crippen LogP contribution in [0, 0.1) is 0 Å². The fourth-order valence-corrected chi connectivity index (χ4v) is 2.35. The molecule has 1 aliphatic rings. The summed E-state index contributed by atoms with van der Waals surface area (Å²) < 4.78 is 47.5. The summed E-state index contributed by atoms with van der Waals surface area (Å²) in [6.07, 6.45) is -0.189. The third-order valence-corrected chi connectivity index (χ3v) is 4.15. The van der Waals surface area contributed by atoms with E-state index >= 15 is 0 Å². The molecule has 0 aromatic heterocycles. The standard InChI is InChI=1S/C14H24F2N2O3S/c1-12(2,3)21-11(19)18-9-14(15,16)7-10(18)8-17-22(20)13(4,5)6/h8,10H,7,9H2,1-6H3/t10-,22?/m0/s1.